The molecule has 4 aliphatic carbocycles. The Hall–Kier alpha value is -2.41. The number of allylic oxidation sites excluding steroid dienone is 4. The van der Waals surface area contributed by atoms with Gasteiger partial charge in [0, 0.05) is 60.7 Å². The summed E-state index contributed by atoms with van der Waals surface area (Å²) in [4.78, 5) is 18.6. The number of piperidine rings is 1. The zero-order valence-electron chi connectivity index (χ0n) is 22.5. The zero-order valence-corrected chi connectivity index (χ0v) is 22.5. The summed E-state index contributed by atoms with van der Waals surface area (Å²) in [6.45, 7) is 3.07. The van der Waals surface area contributed by atoms with Crippen LogP contribution in [0, 0.1) is 16.7 Å². The van der Waals surface area contributed by atoms with Gasteiger partial charge in [-0.3, -0.25) is 4.79 Å². The van der Waals surface area contributed by atoms with Crippen molar-refractivity contribution in [3.63, 3.8) is 0 Å². The maximum absolute atomic E-state index is 14.2. The first-order chi connectivity index (χ1) is 17.7. The summed E-state index contributed by atoms with van der Waals surface area (Å²) < 4.78 is 6.55. The molecule has 198 valence electrons. The third-order valence-electron chi connectivity index (χ3n) is 10.0. The third-order valence-corrected chi connectivity index (χ3v) is 10.0. The van der Waals surface area contributed by atoms with Gasteiger partial charge >= 0.3 is 0 Å². The summed E-state index contributed by atoms with van der Waals surface area (Å²) in [6, 6.07) is 0.333. The number of carbonyl (C=O) groups excluding carboxylic acids is 1. The van der Waals surface area contributed by atoms with Crippen molar-refractivity contribution >= 4 is 5.78 Å². The van der Waals surface area contributed by atoms with Crippen molar-refractivity contribution in [3.05, 3.63) is 71.2 Å². The second kappa shape index (κ2) is 8.55. The molecule has 2 fully saturated rings. The predicted molar refractivity (Wildman–Crippen MR) is 143 cm³/mol. The molecule has 0 aromatic heterocycles. The van der Waals surface area contributed by atoms with Gasteiger partial charge in [0.05, 0.1) is 0 Å². The van der Waals surface area contributed by atoms with E-state index in [-0.39, 0.29) is 23.5 Å². The topological polar surface area (TPSA) is 73.2 Å². The number of aliphatic hydroxyl groups excluding tert-OH is 1. The van der Waals surface area contributed by atoms with Gasteiger partial charge in [-0.2, -0.15) is 0 Å². The molecular formula is C31H40N2O4. The van der Waals surface area contributed by atoms with Crippen LogP contribution in [0.1, 0.15) is 45.4 Å². The monoisotopic (exact) mass is 504 g/mol. The number of nitrogens with zero attached hydrogens (tertiary/aromatic N) is 2. The average molecular weight is 505 g/mol. The number of carbonyl (C=O) groups is 1. The molecule has 37 heavy (non-hydrogen) atoms. The van der Waals surface area contributed by atoms with Crippen molar-refractivity contribution < 1.29 is 19.7 Å². The Bertz CT molecular complexity index is 1190. The fourth-order valence-corrected chi connectivity index (χ4v) is 8.29. The second-order valence-corrected chi connectivity index (χ2v) is 12.2. The highest BCUT2D eigenvalue weighted by Gasteiger charge is 2.68. The van der Waals surface area contributed by atoms with Gasteiger partial charge in [0.1, 0.15) is 18.0 Å². The minimum Gasteiger partial charge on any atom is -0.487 e. The lowest BCUT2D eigenvalue weighted by Gasteiger charge is -2.58. The fourth-order valence-electron chi connectivity index (χ4n) is 8.29. The van der Waals surface area contributed by atoms with E-state index in [0.29, 0.717) is 11.8 Å². The Morgan fingerprint density at radius 1 is 1.27 bits per heavy atom. The molecule has 6 heteroatoms. The Kier molecular flexibility index (Phi) is 5.76. The summed E-state index contributed by atoms with van der Waals surface area (Å²) in [5.74, 6) is 0.256. The lowest BCUT2D eigenvalue weighted by molar-refractivity contribution is -0.136. The molecule has 2 heterocycles. The molecule has 0 aromatic carbocycles. The van der Waals surface area contributed by atoms with Crippen molar-refractivity contribution in [2.24, 2.45) is 16.7 Å². The quantitative estimate of drug-likeness (QED) is 0.425. The standard InChI is InChI=1S/C31H40N2O4/c1-5-12-29(13-7-6-8-14-29)24(32(2)3)19-25(35)31(36)15-11-20-18-22-21-9-10-23(34)27-30(21,16-17-33(22)4)26(20)28(31)37-27/h6-11,13,19,21-23,27,34,36H,5,12,14-18H2,1-4H3/b24-19-/t21-,22+,23-,27-,29?,30-,31?/m0/s1. The molecular weight excluding hydrogens is 464 g/mol. The van der Waals surface area contributed by atoms with Crippen LogP contribution in [0.15, 0.2) is 71.2 Å². The summed E-state index contributed by atoms with van der Waals surface area (Å²) in [7, 11) is 6.12. The van der Waals surface area contributed by atoms with Crippen LogP contribution in [0.2, 0.25) is 0 Å². The maximum atomic E-state index is 14.2. The Morgan fingerprint density at radius 3 is 2.78 bits per heavy atom. The highest BCUT2D eigenvalue weighted by atomic mass is 16.5. The van der Waals surface area contributed by atoms with E-state index in [9.17, 15) is 15.0 Å². The van der Waals surface area contributed by atoms with E-state index < -0.39 is 23.2 Å². The molecule has 1 saturated heterocycles. The molecule has 0 radical (unpaired) electrons. The second-order valence-electron chi connectivity index (χ2n) is 12.2. The maximum Gasteiger partial charge on any atom is 0.197 e. The van der Waals surface area contributed by atoms with E-state index in [1.165, 1.54) is 5.57 Å². The van der Waals surface area contributed by atoms with E-state index in [4.69, 9.17) is 4.74 Å². The molecule has 1 saturated carbocycles. The van der Waals surface area contributed by atoms with Gasteiger partial charge in [0.2, 0.25) is 0 Å². The Labute approximate surface area is 220 Å². The number of ether oxygens (including phenoxy) is 1. The molecule has 2 unspecified atom stereocenters. The molecule has 0 aromatic rings. The molecule has 2 N–H and O–H groups in total. The first-order valence-electron chi connectivity index (χ1n) is 13.9. The summed E-state index contributed by atoms with van der Waals surface area (Å²) in [6.07, 6.45) is 19.6. The molecule has 6 aliphatic rings. The number of rotatable bonds is 6. The van der Waals surface area contributed by atoms with E-state index >= 15 is 0 Å². The van der Waals surface area contributed by atoms with E-state index in [2.05, 4.69) is 55.3 Å². The number of aliphatic hydroxyl groups is 2. The molecule has 6 rings (SSSR count). The predicted octanol–water partition coefficient (Wildman–Crippen LogP) is 3.66. The first kappa shape index (κ1) is 24.9. The van der Waals surface area contributed by atoms with Crippen molar-refractivity contribution in [3.8, 4) is 0 Å². The number of likely N-dealkylation sites (tertiary alicyclic amines) is 1. The Balaban J connectivity index is 1.45. The van der Waals surface area contributed by atoms with Crippen molar-refractivity contribution in [1.29, 1.82) is 0 Å². The normalized spacial score (nSPS) is 41.9. The highest BCUT2D eigenvalue weighted by molar-refractivity contribution is 6.00. The summed E-state index contributed by atoms with van der Waals surface area (Å²) in [5.41, 5.74) is 0.644. The van der Waals surface area contributed by atoms with Crippen molar-refractivity contribution in [2.45, 2.75) is 69.3 Å². The van der Waals surface area contributed by atoms with E-state index in [1.807, 2.05) is 25.1 Å². The molecule has 7 atom stereocenters. The third kappa shape index (κ3) is 3.31. The van der Waals surface area contributed by atoms with E-state index in [0.717, 1.165) is 49.9 Å². The fraction of sp³-hybridized carbons (Fsp3) is 0.581. The van der Waals surface area contributed by atoms with Crippen LogP contribution in [0.4, 0.5) is 0 Å². The average Bonchev–Trinajstić information content (AvgIpc) is 3.24. The van der Waals surface area contributed by atoms with Crippen LogP contribution >= 0.6 is 0 Å². The van der Waals surface area contributed by atoms with E-state index in [1.54, 1.807) is 6.08 Å². The van der Waals surface area contributed by atoms with Gasteiger partial charge < -0.3 is 24.7 Å². The number of hydrogen-bond acceptors (Lipinski definition) is 6. The highest BCUT2D eigenvalue weighted by Crippen LogP contribution is 2.66. The first-order valence-corrected chi connectivity index (χ1v) is 13.9. The van der Waals surface area contributed by atoms with Crippen molar-refractivity contribution in [1.82, 2.24) is 9.80 Å². The number of hydrogen-bond donors (Lipinski definition) is 2. The van der Waals surface area contributed by atoms with Crippen LogP contribution in [0.3, 0.4) is 0 Å². The van der Waals surface area contributed by atoms with Crippen LogP contribution < -0.4 is 0 Å². The molecule has 6 nitrogen and oxygen atoms in total. The van der Waals surface area contributed by atoms with Crippen LogP contribution in [-0.2, 0) is 9.53 Å². The van der Waals surface area contributed by atoms with Gasteiger partial charge in [-0.05, 0) is 44.8 Å². The lowest BCUT2D eigenvalue weighted by atomic mass is 9.51. The van der Waals surface area contributed by atoms with Gasteiger partial charge in [0.15, 0.2) is 11.4 Å². The lowest BCUT2D eigenvalue weighted by Crippen LogP contribution is -2.62. The zero-order chi connectivity index (χ0) is 26.2. The van der Waals surface area contributed by atoms with Gasteiger partial charge in [0.25, 0.3) is 0 Å². The van der Waals surface area contributed by atoms with Gasteiger partial charge in [-0.1, -0.05) is 55.9 Å². The SMILES string of the molecule is CCCC1(/C(=C/C(=O)C2(O)CC=C3C[C@@H]4[C@@H]5C=C[C@H](O)[C@@H]6OC2=C3[C@]56CCN4C)N(C)C)C=CC=CC1. The number of ketones is 1. The minimum absolute atomic E-state index is 0.196. The van der Waals surface area contributed by atoms with Crippen LogP contribution in [-0.4, -0.2) is 77.3 Å². The van der Waals surface area contributed by atoms with Gasteiger partial charge in [-0.15, -0.1) is 0 Å². The summed E-state index contributed by atoms with van der Waals surface area (Å²) in [5, 5.41) is 23.2. The smallest absolute Gasteiger partial charge is 0.197 e. The molecule has 0 amide bonds. The molecule has 1 spiro atoms. The minimum atomic E-state index is -1.77. The van der Waals surface area contributed by atoms with Gasteiger partial charge in [-0.25, -0.2) is 0 Å². The van der Waals surface area contributed by atoms with Crippen molar-refractivity contribution in [2.75, 3.05) is 27.7 Å². The van der Waals surface area contributed by atoms with Crippen LogP contribution in [0.5, 0.6) is 0 Å². The van der Waals surface area contributed by atoms with Crippen LogP contribution in [0.25, 0.3) is 0 Å². The largest absolute Gasteiger partial charge is 0.487 e. The molecule has 2 bridgehead atoms. The summed E-state index contributed by atoms with van der Waals surface area (Å²) >= 11 is 0. The Morgan fingerprint density at radius 2 is 2.08 bits per heavy atom. The molecule has 2 aliphatic heterocycles.